The first-order valence-corrected chi connectivity index (χ1v) is 10.3. The molecule has 0 bridgehead atoms. The molecule has 3 unspecified atom stereocenters. The fraction of sp³-hybridized carbons (Fsp3) is 0.391. The summed E-state index contributed by atoms with van der Waals surface area (Å²) < 4.78 is 5.59. The predicted molar refractivity (Wildman–Crippen MR) is 113 cm³/mol. The quantitative estimate of drug-likeness (QED) is 0.701. The molecule has 1 saturated carbocycles. The fourth-order valence-electron chi connectivity index (χ4n) is 4.28. The lowest BCUT2D eigenvalue weighted by Gasteiger charge is -2.24. The van der Waals surface area contributed by atoms with Crippen molar-refractivity contribution in [2.45, 2.75) is 44.2 Å². The van der Waals surface area contributed by atoms with E-state index < -0.39 is 0 Å². The van der Waals surface area contributed by atoms with Crippen LogP contribution in [0.15, 0.2) is 54.6 Å². The van der Waals surface area contributed by atoms with Gasteiger partial charge in [-0.15, -0.1) is 0 Å². The van der Waals surface area contributed by atoms with E-state index in [0.29, 0.717) is 23.4 Å². The lowest BCUT2D eigenvalue weighted by atomic mass is 9.85. The van der Waals surface area contributed by atoms with Crippen molar-refractivity contribution in [3.8, 4) is 5.75 Å². The van der Waals surface area contributed by atoms with Crippen molar-refractivity contribution in [2.75, 3.05) is 17.2 Å². The summed E-state index contributed by atoms with van der Waals surface area (Å²) >= 11 is 0. The summed E-state index contributed by atoms with van der Waals surface area (Å²) in [6.07, 6.45) is 5.82. The van der Waals surface area contributed by atoms with Crippen molar-refractivity contribution in [2.24, 2.45) is 5.92 Å². The molecule has 1 aliphatic heterocycles. The van der Waals surface area contributed by atoms with Crippen molar-refractivity contribution in [3.63, 3.8) is 0 Å². The summed E-state index contributed by atoms with van der Waals surface area (Å²) in [6.45, 7) is -0.0974. The number of fused-ring (bicyclic) bond motifs is 1. The molecule has 2 aliphatic rings. The maximum atomic E-state index is 12.7. The summed E-state index contributed by atoms with van der Waals surface area (Å²) in [5.74, 6) is 0.929. The van der Waals surface area contributed by atoms with Gasteiger partial charge in [0.05, 0.1) is 6.04 Å². The van der Waals surface area contributed by atoms with E-state index in [2.05, 4.69) is 16.0 Å². The highest BCUT2D eigenvalue weighted by Crippen LogP contribution is 2.33. The highest BCUT2D eigenvalue weighted by molar-refractivity contribution is 5.95. The molecule has 1 saturated heterocycles. The van der Waals surface area contributed by atoms with E-state index in [4.69, 9.17) is 4.74 Å². The van der Waals surface area contributed by atoms with E-state index in [1.165, 1.54) is 25.7 Å². The van der Waals surface area contributed by atoms with E-state index in [1.807, 2.05) is 42.5 Å². The smallest absolute Gasteiger partial charge is 0.262 e. The van der Waals surface area contributed by atoms with E-state index in [0.717, 1.165) is 12.1 Å². The molecule has 152 valence electrons. The molecule has 0 spiro atoms. The number of hydrogen-bond acceptors (Lipinski definition) is 4. The van der Waals surface area contributed by atoms with Crippen LogP contribution in [0.1, 0.15) is 32.1 Å². The van der Waals surface area contributed by atoms with Gasteiger partial charge in [-0.25, -0.2) is 0 Å². The van der Waals surface area contributed by atoms with Gasteiger partial charge in [0.15, 0.2) is 6.61 Å². The Kier molecular flexibility index (Phi) is 6.10. The second-order valence-corrected chi connectivity index (χ2v) is 7.83. The summed E-state index contributed by atoms with van der Waals surface area (Å²) in [5.41, 5.74) is 1.40. The zero-order valence-electron chi connectivity index (χ0n) is 16.4. The molecule has 1 aliphatic carbocycles. The summed E-state index contributed by atoms with van der Waals surface area (Å²) in [4.78, 5) is 24.7. The Bertz CT molecular complexity index is 841. The average Bonchev–Trinajstić information content (AvgIpc) is 3.18. The molecule has 0 radical (unpaired) electrons. The highest BCUT2D eigenvalue weighted by Gasteiger charge is 2.38. The number of ether oxygens (including phenoxy) is 1. The first-order valence-electron chi connectivity index (χ1n) is 10.3. The molecule has 1 heterocycles. The van der Waals surface area contributed by atoms with Crippen molar-refractivity contribution >= 4 is 23.2 Å². The van der Waals surface area contributed by atoms with Crippen LogP contribution in [-0.4, -0.2) is 30.5 Å². The van der Waals surface area contributed by atoms with Crippen molar-refractivity contribution in [3.05, 3.63) is 54.6 Å². The van der Waals surface area contributed by atoms with Crippen LogP contribution in [-0.2, 0) is 9.59 Å². The Labute approximate surface area is 171 Å². The maximum Gasteiger partial charge on any atom is 0.262 e. The zero-order valence-corrected chi connectivity index (χ0v) is 16.4. The van der Waals surface area contributed by atoms with Crippen LogP contribution >= 0.6 is 0 Å². The third kappa shape index (κ3) is 5.15. The molecule has 2 aromatic carbocycles. The van der Waals surface area contributed by atoms with Crippen LogP contribution in [0, 0.1) is 5.92 Å². The highest BCUT2D eigenvalue weighted by atomic mass is 16.5. The first-order chi connectivity index (χ1) is 14.2. The van der Waals surface area contributed by atoms with E-state index in [-0.39, 0.29) is 24.5 Å². The Morgan fingerprint density at radius 3 is 2.59 bits per heavy atom. The van der Waals surface area contributed by atoms with Gasteiger partial charge < -0.3 is 20.7 Å². The van der Waals surface area contributed by atoms with Crippen molar-refractivity contribution in [1.82, 2.24) is 5.32 Å². The molecule has 3 N–H and O–H groups in total. The normalized spacial score (nSPS) is 23.1. The largest absolute Gasteiger partial charge is 0.484 e. The number of anilines is 2. The number of para-hydroxylation sites is 1. The van der Waals surface area contributed by atoms with Crippen LogP contribution < -0.4 is 20.7 Å². The van der Waals surface area contributed by atoms with Crippen LogP contribution in [0.25, 0.3) is 0 Å². The van der Waals surface area contributed by atoms with Gasteiger partial charge in [0, 0.05) is 23.5 Å². The van der Waals surface area contributed by atoms with Crippen LogP contribution in [0.2, 0.25) is 0 Å². The Morgan fingerprint density at radius 2 is 1.76 bits per heavy atom. The summed E-state index contributed by atoms with van der Waals surface area (Å²) in [7, 11) is 0. The molecular weight excluding hydrogens is 366 g/mol. The number of carbonyl (C=O) groups is 2. The maximum absolute atomic E-state index is 12.7. The number of nitrogens with one attached hydrogen (secondary N) is 3. The molecule has 3 atom stereocenters. The van der Waals surface area contributed by atoms with E-state index >= 15 is 0 Å². The third-order valence-electron chi connectivity index (χ3n) is 5.71. The Balaban J connectivity index is 1.28. The molecule has 4 rings (SSSR count). The second kappa shape index (κ2) is 9.09. The SMILES string of the molecule is O=C(COc1cccc(NC(=O)C2CC3CCCCC3N2)c1)Nc1ccccc1. The predicted octanol–water partition coefficient (Wildman–Crippen LogP) is 3.56. The lowest BCUT2D eigenvalue weighted by molar-refractivity contribution is -0.118. The molecule has 2 aromatic rings. The minimum Gasteiger partial charge on any atom is -0.484 e. The number of benzene rings is 2. The van der Waals surface area contributed by atoms with Gasteiger partial charge in [-0.05, 0) is 49.4 Å². The van der Waals surface area contributed by atoms with Gasteiger partial charge in [0.1, 0.15) is 5.75 Å². The first kappa shape index (κ1) is 19.5. The molecule has 0 aromatic heterocycles. The van der Waals surface area contributed by atoms with Gasteiger partial charge >= 0.3 is 0 Å². The molecule has 29 heavy (non-hydrogen) atoms. The average molecular weight is 393 g/mol. The molecule has 2 amide bonds. The van der Waals surface area contributed by atoms with Crippen LogP contribution in [0.4, 0.5) is 11.4 Å². The lowest BCUT2D eigenvalue weighted by Crippen LogP contribution is -2.39. The summed E-state index contributed by atoms with van der Waals surface area (Å²) in [6, 6.07) is 16.8. The molecular formula is C23H27N3O3. The third-order valence-corrected chi connectivity index (χ3v) is 5.71. The minimum atomic E-state index is -0.233. The standard InChI is InChI=1S/C23H27N3O3/c27-22(24-17-8-2-1-3-9-17)15-29-19-11-6-10-18(14-19)25-23(28)21-13-16-7-4-5-12-20(16)26-21/h1-3,6,8-11,14,16,20-21,26H,4-5,7,12-13,15H2,(H,24,27)(H,25,28). The molecule has 6 heteroatoms. The Morgan fingerprint density at radius 1 is 0.966 bits per heavy atom. The van der Waals surface area contributed by atoms with Gasteiger partial charge in [0.25, 0.3) is 5.91 Å². The van der Waals surface area contributed by atoms with Gasteiger partial charge in [-0.1, -0.05) is 37.1 Å². The fourth-order valence-corrected chi connectivity index (χ4v) is 4.28. The van der Waals surface area contributed by atoms with Gasteiger partial charge in [-0.2, -0.15) is 0 Å². The summed E-state index contributed by atoms with van der Waals surface area (Å²) in [5, 5.41) is 9.25. The van der Waals surface area contributed by atoms with Crippen LogP contribution in [0.5, 0.6) is 5.75 Å². The van der Waals surface area contributed by atoms with Crippen molar-refractivity contribution < 1.29 is 14.3 Å². The van der Waals surface area contributed by atoms with E-state index in [1.54, 1.807) is 12.1 Å². The van der Waals surface area contributed by atoms with E-state index in [9.17, 15) is 9.59 Å². The topological polar surface area (TPSA) is 79.5 Å². The minimum absolute atomic E-state index is 0.00151. The number of carbonyl (C=O) groups excluding carboxylic acids is 2. The number of rotatable bonds is 6. The van der Waals surface area contributed by atoms with Gasteiger partial charge in [-0.3, -0.25) is 9.59 Å². The molecule has 2 fully saturated rings. The Hall–Kier alpha value is -2.86. The van der Waals surface area contributed by atoms with Crippen LogP contribution in [0.3, 0.4) is 0 Å². The number of hydrogen-bond donors (Lipinski definition) is 3. The van der Waals surface area contributed by atoms with Crippen molar-refractivity contribution in [1.29, 1.82) is 0 Å². The molecule has 6 nitrogen and oxygen atoms in total. The second-order valence-electron chi connectivity index (χ2n) is 7.83. The monoisotopic (exact) mass is 393 g/mol. The zero-order chi connectivity index (χ0) is 20.1. The number of amides is 2. The van der Waals surface area contributed by atoms with Gasteiger partial charge in [0.2, 0.25) is 5.91 Å².